The van der Waals surface area contributed by atoms with Gasteiger partial charge in [-0.1, -0.05) is 43.5 Å². The van der Waals surface area contributed by atoms with Crippen LogP contribution in [0, 0.1) is 5.41 Å². The van der Waals surface area contributed by atoms with Crippen molar-refractivity contribution in [2.45, 2.75) is 44.2 Å². The van der Waals surface area contributed by atoms with Crippen molar-refractivity contribution in [1.29, 1.82) is 5.41 Å². The first-order valence-electron chi connectivity index (χ1n) is 9.49. The number of para-hydroxylation sites is 2. The van der Waals surface area contributed by atoms with Gasteiger partial charge in [0.15, 0.2) is 6.40 Å². The van der Waals surface area contributed by atoms with Gasteiger partial charge in [-0.05, 0) is 42.7 Å². The minimum absolute atomic E-state index is 0.120. The Morgan fingerprint density at radius 2 is 1.96 bits per heavy atom. The average molecular weight is 363 g/mol. The van der Waals surface area contributed by atoms with Gasteiger partial charge >= 0.3 is 0 Å². The minimum Gasteiger partial charge on any atom is -0.446 e. The topological polar surface area (TPSA) is 81.5 Å². The van der Waals surface area contributed by atoms with Crippen LogP contribution in [0.1, 0.15) is 37.7 Å². The Kier molecular flexibility index (Phi) is 5.07. The zero-order valence-electron chi connectivity index (χ0n) is 15.3. The standard InChI is InChI=1S/C21H25N5O/c22-15-27-17-8-6-7-16(13-17)14-23-26-20-21(11-4-1-5-12-21)25-19-10-3-2-9-18(19)24-20/h2-3,6-10,13,15,22-23,25H,1,4-5,11-12,14H2,(H,24,26). The summed E-state index contributed by atoms with van der Waals surface area (Å²) in [6, 6.07) is 15.9. The van der Waals surface area contributed by atoms with Gasteiger partial charge in [0.2, 0.25) is 0 Å². The van der Waals surface area contributed by atoms with Crippen molar-refractivity contribution in [1.82, 2.24) is 10.9 Å². The molecule has 2 aromatic rings. The molecule has 1 aliphatic carbocycles. The summed E-state index contributed by atoms with van der Waals surface area (Å²) >= 11 is 0. The fourth-order valence-electron chi connectivity index (χ4n) is 3.91. The highest BCUT2D eigenvalue weighted by molar-refractivity contribution is 6.00. The Morgan fingerprint density at radius 1 is 1.11 bits per heavy atom. The predicted octanol–water partition coefficient (Wildman–Crippen LogP) is 4.13. The van der Waals surface area contributed by atoms with Crippen LogP contribution in [-0.4, -0.2) is 17.8 Å². The molecule has 2 aliphatic rings. The van der Waals surface area contributed by atoms with E-state index in [1.54, 1.807) is 0 Å². The maximum atomic E-state index is 7.05. The number of rotatable bonds is 5. The van der Waals surface area contributed by atoms with Gasteiger partial charge in [-0.3, -0.25) is 5.41 Å². The van der Waals surface area contributed by atoms with Gasteiger partial charge in [-0.15, -0.1) is 0 Å². The van der Waals surface area contributed by atoms with Crippen LogP contribution >= 0.6 is 0 Å². The van der Waals surface area contributed by atoms with Crippen LogP contribution in [-0.2, 0) is 6.54 Å². The van der Waals surface area contributed by atoms with Crippen LogP contribution in [0.15, 0.2) is 53.5 Å². The molecule has 4 N–H and O–H groups in total. The zero-order chi connectivity index (χ0) is 18.5. The van der Waals surface area contributed by atoms with Crippen molar-refractivity contribution in [3.63, 3.8) is 0 Å². The smallest absolute Gasteiger partial charge is 0.173 e. The Morgan fingerprint density at radius 3 is 2.81 bits per heavy atom. The number of hydrogen-bond acceptors (Lipinski definition) is 6. The zero-order valence-corrected chi connectivity index (χ0v) is 15.3. The van der Waals surface area contributed by atoms with Crippen molar-refractivity contribution in [3.8, 4) is 5.75 Å². The van der Waals surface area contributed by atoms with Gasteiger partial charge in [0.1, 0.15) is 11.6 Å². The summed E-state index contributed by atoms with van der Waals surface area (Å²) in [4.78, 5) is 4.93. The van der Waals surface area contributed by atoms with E-state index in [9.17, 15) is 0 Å². The molecule has 1 saturated carbocycles. The van der Waals surface area contributed by atoms with E-state index in [2.05, 4.69) is 28.3 Å². The second-order valence-corrected chi connectivity index (χ2v) is 7.11. The maximum Gasteiger partial charge on any atom is 0.173 e. The lowest BCUT2D eigenvalue weighted by Gasteiger charge is -2.42. The molecule has 0 unspecified atom stereocenters. The highest BCUT2D eigenvalue weighted by Gasteiger charge is 2.40. The third-order valence-electron chi connectivity index (χ3n) is 5.26. The molecule has 1 fully saturated rings. The molecule has 1 heterocycles. The average Bonchev–Trinajstić information content (AvgIpc) is 2.70. The third kappa shape index (κ3) is 3.80. The van der Waals surface area contributed by atoms with Crippen LogP contribution in [0.3, 0.4) is 0 Å². The Hall–Kier alpha value is -2.86. The Bertz CT molecular complexity index is 842. The van der Waals surface area contributed by atoms with Crippen molar-refractivity contribution in [2.75, 3.05) is 5.32 Å². The minimum atomic E-state index is -0.120. The third-order valence-corrected chi connectivity index (χ3v) is 5.26. The molecule has 140 valence electrons. The summed E-state index contributed by atoms with van der Waals surface area (Å²) in [5, 5.41) is 10.8. The number of anilines is 1. The van der Waals surface area contributed by atoms with Crippen molar-refractivity contribution in [2.24, 2.45) is 4.99 Å². The first-order valence-corrected chi connectivity index (χ1v) is 9.49. The van der Waals surface area contributed by atoms with E-state index in [0.717, 1.165) is 42.0 Å². The normalized spacial score (nSPS) is 17.4. The van der Waals surface area contributed by atoms with Gasteiger partial charge in [0, 0.05) is 6.54 Å². The number of fused-ring (bicyclic) bond motifs is 1. The van der Waals surface area contributed by atoms with E-state index in [4.69, 9.17) is 15.1 Å². The molecule has 1 spiro atoms. The number of ether oxygens (including phenoxy) is 1. The van der Waals surface area contributed by atoms with E-state index in [1.807, 2.05) is 36.4 Å². The molecular formula is C21H25N5O. The van der Waals surface area contributed by atoms with Crippen LogP contribution < -0.4 is 20.9 Å². The molecule has 6 heteroatoms. The SMILES string of the molecule is N=COc1cccc(CNNC2=Nc3ccccc3NC23CCCCC3)c1. The Balaban J connectivity index is 1.49. The predicted molar refractivity (Wildman–Crippen MR) is 109 cm³/mol. The molecule has 0 bridgehead atoms. The molecule has 0 saturated heterocycles. The summed E-state index contributed by atoms with van der Waals surface area (Å²) in [5.74, 6) is 1.63. The summed E-state index contributed by atoms with van der Waals surface area (Å²) in [6.45, 7) is 0.631. The van der Waals surface area contributed by atoms with E-state index < -0.39 is 0 Å². The fraction of sp³-hybridized carbons (Fsp3) is 0.333. The number of hydrogen-bond donors (Lipinski definition) is 4. The van der Waals surface area contributed by atoms with Crippen LogP contribution in [0.4, 0.5) is 11.4 Å². The van der Waals surface area contributed by atoms with Gasteiger partial charge in [0.25, 0.3) is 0 Å². The number of nitrogens with zero attached hydrogens (tertiary/aromatic N) is 1. The summed E-state index contributed by atoms with van der Waals surface area (Å²) < 4.78 is 5.13. The van der Waals surface area contributed by atoms with Crippen molar-refractivity contribution in [3.05, 3.63) is 54.1 Å². The van der Waals surface area contributed by atoms with Crippen molar-refractivity contribution >= 4 is 23.6 Å². The number of nitrogens with one attached hydrogen (secondary N) is 4. The number of benzene rings is 2. The fourth-order valence-corrected chi connectivity index (χ4v) is 3.91. The highest BCUT2D eigenvalue weighted by Crippen LogP contribution is 2.39. The van der Waals surface area contributed by atoms with E-state index in [0.29, 0.717) is 12.3 Å². The summed E-state index contributed by atoms with van der Waals surface area (Å²) in [6.07, 6.45) is 6.80. The van der Waals surface area contributed by atoms with Crippen molar-refractivity contribution < 1.29 is 4.74 Å². The van der Waals surface area contributed by atoms with Crippen LogP contribution in [0.2, 0.25) is 0 Å². The van der Waals surface area contributed by atoms with Gasteiger partial charge in [-0.2, -0.15) is 0 Å². The summed E-state index contributed by atoms with van der Waals surface area (Å²) in [7, 11) is 0. The maximum absolute atomic E-state index is 7.05. The first kappa shape index (κ1) is 17.5. The highest BCUT2D eigenvalue weighted by atomic mass is 16.5. The lowest BCUT2D eigenvalue weighted by atomic mass is 9.79. The second-order valence-electron chi connectivity index (χ2n) is 7.11. The van der Waals surface area contributed by atoms with E-state index in [1.165, 1.54) is 19.3 Å². The van der Waals surface area contributed by atoms with Gasteiger partial charge < -0.3 is 15.5 Å². The Labute approximate surface area is 159 Å². The van der Waals surface area contributed by atoms with Gasteiger partial charge in [0.05, 0.1) is 16.9 Å². The largest absolute Gasteiger partial charge is 0.446 e. The van der Waals surface area contributed by atoms with Crippen LogP contribution in [0.5, 0.6) is 5.75 Å². The van der Waals surface area contributed by atoms with Gasteiger partial charge in [-0.25, -0.2) is 10.4 Å². The molecule has 0 aromatic heterocycles. The molecule has 0 amide bonds. The number of aliphatic imine (C=N–C) groups is 1. The number of amidine groups is 1. The summed E-state index contributed by atoms with van der Waals surface area (Å²) in [5.41, 5.74) is 9.72. The molecule has 6 nitrogen and oxygen atoms in total. The van der Waals surface area contributed by atoms with E-state index >= 15 is 0 Å². The molecule has 2 aromatic carbocycles. The number of hydrazine groups is 1. The molecule has 1 aliphatic heterocycles. The molecular weight excluding hydrogens is 338 g/mol. The molecule has 4 rings (SSSR count). The van der Waals surface area contributed by atoms with Crippen LogP contribution in [0.25, 0.3) is 0 Å². The second kappa shape index (κ2) is 7.80. The lowest BCUT2D eigenvalue weighted by molar-refractivity contribution is 0.391. The quantitative estimate of drug-likeness (QED) is 0.366. The monoisotopic (exact) mass is 363 g/mol. The molecule has 27 heavy (non-hydrogen) atoms. The van der Waals surface area contributed by atoms with E-state index in [-0.39, 0.29) is 5.54 Å². The first-order chi connectivity index (χ1) is 13.3. The molecule has 0 atom stereocenters. The molecule has 0 radical (unpaired) electrons. The lowest BCUT2D eigenvalue weighted by Crippen LogP contribution is -2.57.